The fraction of sp³-hybridized carbons (Fsp3) is 0. The van der Waals surface area contributed by atoms with Gasteiger partial charge in [0.25, 0.3) is 0 Å². The van der Waals surface area contributed by atoms with Gasteiger partial charge in [-0.3, -0.25) is 0 Å². The van der Waals surface area contributed by atoms with E-state index in [9.17, 15) is 5.11 Å². The Morgan fingerprint density at radius 3 is 1.82 bits per heavy atom. The van der Waals surface area contributed by atoms with Crippen molar-refractivity contribution in [2.75, 3.05) is 0 Å². The van der Waals surface area contributed by atoms with E-state index in [1.807, 2.05) is 0 Å². The SMILES string of the molecule is Oc1c(Br)cc(Br)cc1Br.[H-].[Na+]. The van der Waals surface area contributed by atoms with Gasteiger partial charge in [0.05, 0.1) is 8.95 Å². The van der Waals surface area contributed by atoms with E-state index < -0.39 is 0 Å². The largest absolute Gasteiger partial charge is 1.00 e. The summed E-state index contributed by atoms with van der Waals surface area (Å²) in [4.78, 5) is 0. The van der Waals surface area contributed by atoms with Crippen LogP contribution in [0.15, 0.2) is 25.6 Å². The van der Waals surface area contributed by atoms with Gasteiger partial charge in [0.2, 0.25) is 0 Å². The Morgan fingerprint density at radius 1 is 1.09 bits per heavy atom. The summed E-state index contributed by atoms with van der Waals surface area (Å²) in [7, 11) is 0. The second-order valence-electron chi connectivity index (χ2n) is 1.72. The summed E-state index contributed by atoms with van der Waals surface area (Å²) in [5.74, 6) is 0.225. The second kappa shape index (κ2) is 5.25. The fourth-order valence-corrected chi connectivity index (χ4v) is 2.79. The van der Waals surface area contributed by atoms with E-state index in [0.717, 1.165) is 4.47 Å². The number of hydrogen-bond acceptors (Lipinski definition) is 1. The van der Waals surface area contributed by atoms with Crippen LogP contribution in [0.5, 0.6) is 5.75 Å². The van der Waals surface area contributed by atoms with Crippen molar-refractivity contribution in [3.05, 3.63) is 25.6 Å². The first-order valence-corrected chi connectivity index (χ1v) is 4.82. The van der Waals surface area contributed by atoms with Gasteiger partial charge in [0, 0.05) is 4.47 Å². The van der Waals surface area contributed by atoms with Crippen LogP contribution < -0.4 is 29.6 Å². The smallest absolute Gasteiger partial charge is 1.00 e. The molecular weight excluding hydrogens is 351 g/mol. The van der Waals surface area contributed by atoms with Crippen LogP contribution >= 0.6 is 47.8 Å². The van der Waals surface area contributed by atoms with Crippen LogP contribution in [-0.4, -0.2) is 5.11 Å². The van der Waals surface area contributed by atoms with Gasteiger partial charge in [0.1, 0.15) is 5.75 Å². The predicted molar refractivity (Wildman–Crippen MR) is 52.3 cm³/mol. The quantitative estimate of drug-likeness (QED) is 0.683. The van der Waals surface area contributed by atoms with Gasteiger partial charge in [-0.05, 0) is 44.0 Å². The molecule has 0 radical (unpaired) electrons. The number of phenols is 1. The Hall–Kier alpha value is 1.46. The summed E-state index contributed by atoms with van der Waals surface area (Å²) < 4.78 is 2.27. The third kappa shape index (κ3) is 3.36. The molecular formula is C6H4Br3NaO. The molecule has 0 heterocycles. The Morgan fingerprint density at radius 2 is 1.45 bits per heavy atom. The van der Waals surface area contributed by atoms with Crippen LogP contribution in [0.4, 0.5) is 0 Å². The fourth-order valence-electron chi connectivity index (χ4n) is 0.535. The molecule has 56 valence electrons. The van der Waals surface area contributed by atoms with Gasteiger partial charge in [0.15, 0.2) is 0 Å². The molecule has 0 fully saturated rings. The predicted octanol–water partition coefficient (Wildman–Crippen LogP) is 0.796. The monoisotopic (exact) mass is 352 g/mol. The first-order chi connectivity index (χ1) is 4.61. The van der Waals surface area contributed by atoms with Gasteiger partial charge in [-0.15, -0.1) is 0 Å². The molecule has 0 atom stereocenters. The molecule has 5 heteroatoms. The minimum Gasteiger partial charge on any atom is -1.00 e. The molecule has 1 aromatic carbocycles. The standard InChI is InChI=1S/C6H3Br3O.Na.H/c7-3-1-4(8)6(10)5(9)2-3;;/h1-2,10H;;/q;+1;-1. The number of benzene rings is 1. The third-order valence-corrected chi connectivity index (χ3v) is 2.65. The van der Waals surface area contributed by atoms with E-state index >= 15 is 0 Å². The van der Waals surface area contributed by atoms with Crippen LogP contribution in [0, 0.1) is 0 Å². The van der Waals surface area contributed by atoms with Crippen molar-refractivity contribution in [1.29, 1.82) is 0 Å². The zero-order valence-electron chi connectivity index (χ0n) is 6.74. The zero-order valence-corrected chi connectivity index (χ0v) is 12.5. The van der Waals surface area contributed by atoms with Gasteiger partial charge < -0.3 is 6.53 Å². The van der Waals surface area contributed by atoms with Crippen molar-refractivity contribution in [2.45, 2.75) is 0 Å². The summed E-state index contributed by atoms with van der Waals surface area (Å²) >= 11 is 9.65. The zero-order chi connectivity index (χ0) is 7.72. The summed E-state index contributed by atoms with van der Waals surface area (Å²) in [5.41, 5.74) is 0. The molecule has 1 N–H and O–H groups in total. The minimum absolute atomic E-state index is 0. The van der Waals surface area contributed by atoms with E-state index in [4.69, 9.17) is 0 Å². The molecule has 0 aliphatic carbocycles. The van der Waals surface area contributed by atoms with Crippen LogP contribution in [0.25, 0.3) is 0 Å². The van der Waals surface area contributed by atoms with Crippen LogP contribution in [-0.2, 0) is 0 Å². The van der Waals surface area contributed by atoms with E-state index in [-0.39, 0.29) is 36.7 Å². The number of phenolic OH excluding ortho intramolecular Hbond substituents is 1. The molecule has 0 aliphatic heterocycles. The molecule has 0 saturated carbocycles. The number of rotatable bonds is 0. The molecule has 1 nitrogen and oxygen atoms in total. The van der Waals surface area contributed by atoms with Crippen molar-refractivity contribution in [3.63, 3.8) is 0 Å². The van der Waals surface area contributed by atoms with Crippen LogP contribution in [0.2, 0.25) is 0 Å². The second-order valence-corrected chi connectivity index (χ2v) is 4.34. The summed E-state index contributed by atoms with van der Waals surface area (Å²) in [5, 5.41) is 9.22. The van der Waals surface area contributed by atoms with Crippen molar-refractivity contribution in [1.82, 2.24) is 0 Å². The van der Waals surface area contributed by atoms with Crippen LogP contribution in [0.3, 0.4) is 0 Å². The average Bonchev–Trinajstić information content (AvgIpc) is 1.82. The summed E-state index contributed by atoms with van der Waals surface area (Å²) in [6.07, 6.45) is 0. The first-order valence-electron chi connectivity index (χ1n) is 2.45. The summed E-state index contributed by atoms with van der Waals surface area (Å²) in [6, 6.07) is 3.56. The molecule has 0 aromatic heterocycles. The van der Waals surface area contributed by atoms with Crippen molar-refractivity contribution >= 4 is 47.8 Å². The molecule has 0 unspecified atom stereocenters. The number of hydrogen-bond donors (Lipinski definition) is 1. The number of aromatic hydroxyl groups is 1. The maximum absolute atomic E-state index is 9.22. The van der Waals surface area contributed by atoms with Crippen LogP contribution in [0.1, 0.15) is 1.43 Å². The molecule has 1 aromatic rings. The number of halogens is 3. The molecule has 0 bridgehead atoms. The van der Waals surface area contributed by atoms with E-state index in [0.29, 0.717) is 8.95 Å². The average molecular weight is 355 g/mol. The normalized spacial score (nSPS) is 9.00. The Balaban J connectivity index is 0. The van der Waals surface area contributed by atoms with Gasteiger partial charge >= 0.3 is 29.6 Å². The molecule has 0 amide bonds. The van der Waals surface area contributed by atoms with Gasteiger partial charge in [-0.2, -0.15) is 0 Å². The van der Waals surface area contributed by atoms with E-state index in [2.05, 4.69) is 47.8 Å². The van der Waals surface area contributed by atoms with Gasteiger partial charge in [-0.1, -0.05) is 15.9 Å². The molecule has 0 spiro atoms. The molecule has 0 saturated heterocycles. The van der Waals surface area contributed by atoms with Crippen molar-refractivity contribution in [3.8, 4) is 5.75 Å². The Kier molecular flexibility index (Phi) is 5.94. The molecule has 0 aliphatic rings. The van der Waals surface area contributed by atoms with E-state index in [1.54, 1.807) is 12.1 Å². The topological polar surface area (TPSA) is 20.2 Å². The minimum atomic E-state index is 0. The summed E-state index contributed by atoms with van der Waals surface area (Å²) in [6.45, 7) is 0. The molecule has 1 rings (SSSR count). The Labute approximate surface area is 114 Å². The maximum atomic E-state index is 9.22. The van der Waals surface area contributed by atoms with Gasteiger partial charge in [-0.25, -0.2) is 0 Å². The van der Waals surface area contributed by atoms with Crippen molar-refractivity contribution < 1.29 is 36.1 Å². The first kappa shape index (κ1) is 12.5. The van der Waals surface area contributed by atoms with E-state index in [1.165, 1.54) is 0 Å². The third-order valence-electron chi connectivity index (χ3n) is 0.982. The Bertz CT molecular complexity index is 246. The maximum Gasteiger partial charge on any atom is 1.00 e. The van der Waals surface area contributed by atoms with Crippen molar-refractivity contribution in [2.24, 2.45) is 0 Å². The molecule has 11 heavy (non-hydrogen) atoms.